The lowest BCUT2D eigenvalue weighted by molar-refractivity contribution is 0.357. The Balaban J connectivity index is 2.30. The van der Waals surface area contributed by atoms with Crippen molar-refractivity contribution in [1.82, 2.24) is 0 Å². The van der Waals surface area contributed by atoms with Crippen molar-refractivity contribution in [1.29, 1.82) is 5.26 Å². The predicted octanol–water partition coefficient (Wildman–Crippen LogP) is 2.62. The first-order chi connectivity index (χ1) is 8.10. The van der Waals surface area contributed by atoms with Gasteiger partial charge in [-0.25, -0.2) is 0 Å². The zero-order chi connectivity index (χ0) is 12.4. The number of anilines is 2. The lowest BCUT2D eigenvalue weighted by atomic mass is 9.91. The molecule has 1 saturated heterocycles. The van der Waals surface area contributed by atoms with Gasteiger partial charge in [0.2, 0.25) is 0 Å². The van der Waals surface area contributed by atoms with Crippen molar-refractivity contribution in [2.75, 3.05) is 23.7 Å². The highest BCUT2D eigenvalue weighted by Crippen LogP contribution is 2.30. The van der Waals surface area contributed by atoms with Crippen LogP contribution in [-0.2, 0) is 0 Å². The van der Waals surface area contributed by atoms with E-state index in [1.807, 2.05) is 12.1 Å². The highest BCUT2D eigenvalue weighted by molar-refractivity contribution is 5.69. The van der Waals surface area contributed by atoms with E-state index in [-0.39, 0.29) is 0 Å². The monoisotopic (exact) mass is 229 g/mol. The summed E-state index contributed by atoms with van der Waals surface area (Å²) < 4.78 is 0. The van der Waals surface area contributed by atoms with Crippen molar-refractivity contribution >= 4 is 11.4 Å². The van der Waals surface area contributed by atoms with Crippen LogP contribution in [0.3, 0.4) is 0 Å². The maximum atomic E-state index is 8.95. The molecule has 2 N–H and O–H groups in total. The van der Waals surface area contributed by atoms with E-state index in [0.717, 1.165) is 24.5 Å². The average Bonchev–Trinajstić information content (AvgIpc) is 2.28. The summed E-state index contributed by atoms with van der Waals surface area (Å²) in [5.74, 6) is 1.37. The summed E-state index contributed by atoms with van der Waals surface area (Å²) in [7, 11) is 0. The van der Waals surface area contributed by atoms with Gasteiger partial charge < -0.3 is 10.6 Å². The summed E-state index contributed by atoms with van der Waals surface area (Å²) in [5, 5.41) is 8.95. The normalized spacial score (nSPS) is 24.4. The topological polar surface area (TPSA) is 53.0 Å². The molecule has 90 valence electrons. The standard InChI is InChI=1S/C14H19N3/c1-10-5-11(2)9-17(8-10)14-6-12(7-15)3-4-13(14)16/h3-4,6,10-11H,5,8-9,16H2,1-2H3. The number of piperidine rings is 1. The van der Waals surface area contributed by atoms with Crippen LogP contribution in [0.15, 0.2) is 18.2 Å². The van der Waals surface area contributed by atoms with Crippen LogP contribution in [-0.4, -0.2) is 13.1 Å². The van der Waals surface area contributed by atoms with Crippen molar-refractivity contribution in [3.8, 4) is 6.07 Å². The first kappa shape index (κ1) is 11.8. The molecule has 0 saturated carbocycles. The molecule has 17 heavy (non-hydrogen) atoms. The Kier molecular flexibility index (Phi) is 3.23. The van der Waals surface area contributed by atoms with Gasteiger partial charge in [0.05, 0.1) is 23.0 Å². The van der Waals surface area contributed by atoms with E-state index in [1.54, 1.807) is 6.07 Å². The molecular formula is C14H19N3. The number of nitrogen functional groups attached to an aromatic ring is 1. The van der Waals surface area contributed by atoms with Gasteiger partial charge in [0.1, 0.15) is 0 Å². The third kappa shape index (κ3) is 2.52. The summed E-state index contributed by atoms with van der Waals surface area (Å²) in [6.07, 6.45) is 1.27. The first-order valence-corrected chi connectivity index (χ1v) is 6.14. The van der Waals surface area contributed by atoms with Crippen LogP contribution in [0.5, 0.6) is 0 Å². The molecule has 0 aromatic heterocycles. The summed E-state index contributed by atoms with van der Waals surface area (Å²) in [4.78, 5) is 2.31. The van der Waals surface area contributed by atoms with Crippen LogP contribution in [0, 0.1) is 23.2 Å². The van der Waals surface area contributed by atoms with Crippen molar-refractivity contribution in [3.05, 3.63) is 23.8 Å². The van der Waals surface area contributed by atoms with E-state index in [4.69, 9.17) is 11.0 Å². The van der Waals surface area contributed by atoms with Crippen molar-refractivity contribution in [2.45, 2.75) is 20.3 Å². The molecule has 1 fully saturated rings. The highest BCUT2D eigenvalue weighted by Gasteiger charge is 2.23. The van der Waals surface area contributed by atoms with Gasteiger partial charge in [-0.05, 0) is 36.5 Å². The summed E-state index contributed by atoms with van der Waals surface area (Å²) in [5.41, 5.74) is 8.48. The highest BCUT2D eigenvalue weighted by atomic mass is 15.1. The van der Waals surface area contributed by atoms with Crippen LogP contribution < -0.4 is 10.6 Å². The fourth-order valence-electron chi connectivity index (χ4n) is 2.75. The molecule has 2 atom stereocenters. The lowest BCUT2D eigenvalue weighted by Gasteiger charge is -2.37. The summed E-state index contributed by atoms with van der Waals surface area (Å²) in [6, 6.07) is 7.68. The van der Waals surface area contributed by atoms with E-state index in [0.29, 0.717) is 17.4 Å². The zero-order valence-electron chi connectivity index (χ0n) is 10.5. The summed E-state index contributed by atoms with van der Waals surface area (Å²) in [6.45, 7) is 6.60. The van der Waals surface area contributed by atoms with Crippen LogP contribution in [0.25, 0.3) is 0 Å². The first-order valence-electron chi connectivity index (χ1n) is 6.14. The van der Waals surface area contributed by atoms with Gasteiger partial charge in [0.25, 0.3) is 0 Å². The Morgan fingerprint density at radius 3 is 2.53 bits per heavy atom. The van der Waals surface area contributed by atoms with Gasteiger partial charge in [-0.2, -0.15) is 5.26 Å². The second-order valence-corrected chi connectivity index (χ2v) is 5.24. The fourth-order valence-corrected chi connectivity index (χ4v) is 2.75. The van der Waals surface area contributed by atoms with E-state index in [2.05, 4.69) is 24.8 Å². The van der Waals surface area contributed by atoms with Crippen molar-refractivity contribution in [2.24, 2.45) is 11.8 Å². The van der Waals surface area contributed by atoms with Crippen LogP contribution in [0.4, 0.5) is 11.4 Å². The molecule has 2 unspecified atom stereocenters. The second kappa shape index (κ2) is 4.67. The average molecular weight is 229 g/mol. The Labute approximate surface area is 103 Å². The Bertz CT molecular complexity index is 437. The number of rotatable bonds is 1. The Hall–Kier alpha value is -1.69. The minimum atomic E-state index is 0.681. The number of hydrogen-bond acceptors (Lipinski definition) is 3. The van der Waals surface area contributed by atoms with Gasteiger partial charge in [0.15, 0.2) is 0 Å². The minimum Gasteiger partial charge on any atom is -0.397 e. The van der Waals surface area contributed by atoms with Crippen LogP contribution in [0.1, 0.15) is 25.8 Å². The molecule has 3 nitrogen and oxygen atoms in total. The van der Waals surface area contributed by atoms with Gasteiger partial charge >= 0.3 is 0 Å². The third-order valence-corrected chi connectivity index (χ3v) is 3.37. The number of nitriles is 1. The smallest absolute Gasteiger partial charge is 0.0992 e. The van der Waals surface area contributed by atoms with Gasteiger partial charge in [0, 0.05) is 13.1 Å². The Morgan fingerprint density at radius 2 is 1.94 bits per heavy atom. The number of nitrogens with zero attached hydrogens (tertiary/aromatic N) is 2. The van der Waals surface area contributed by atoms with Crippen LogP contribution >= 0.6 is 0 Å². The minimum absolute atomic E-state index is 0.681. The number of nitrogens with two attached hydrogens (primary N) is 1. The lowest BCUT2D eigenvalue weighted by Crippen LogP contribution is -2.39. The van der Waals surface area contributed by atoms with E-state index >= 15 is 0 Å². The second-order valence-electron chi connectivity index (χ2n) is 5.24. The molecule has 1 aliphatic rings. The molecule has 1 heterocycles. The molecule has 0 bridgehead atoms. The fraction of sp³-hybridized carbons (Fsp3) is 0.500. The molecule has 1 aromatic carbocycles. The molecule has 0 spiro atoms. The molecule has 0 aliphatic carbocycles. The Morgan fingerprint density at radius 1 is 1.29 bits per heavy atom. The van der Waals surface area contributed by atoms with Gasteiger partial charge in [-0.1, -0.05) is 13.8 Å². The molecule has 1 aromatic rings. The SMILES string of the molecule is CC1CC(C)CN(c2cc(C#N)ccc2N)C1. The largest absolute Gasteiger partial charge is 0.397 e. The number of benzene rings is 1. The van der Waals surface area contributed by atoms with E-state index in [1.165, 1.54) is 6.42 Å². The maximum Gasteiger partial charge on any atom is 0.0992 e. The number of hydrogen-bond donors (Lipinski definition) is 1. The van der Waals surface area contributed by atoms with E-state index < -0.39 is 0 Å². The van der Waals surface area contributed by atoms with Gasteiger partial charge in [-0.15, -0.1) is 0 Å². The van der Waals surface area contributed by atoms with Crippen molar-refractivity contribution in [3.63, 3.8) is 0 Å². The third-order valence-electron chi connectivity index (χ3n) is 3.37. The zero-order valence-corrected chi connectivity index (χ0v) is 10.5. The van der Waals surface area contributed by atoms with Crippen molar-refractivity contribution < 1.29 is 0 Å². The van der Waals surface area contributed by atoms with E-state index in [9.17, 15) is 0 Å². The van der Waals surface area contributed by atoms with Gasteiger partial charge in [-0.3, -0.25) is 0 Å². The predicted molar refractivity (Wildman–Crippen MR) is 70.7 cm³/mol. The summed E-state index contributed by atoms with van der Waals surface area (Å²) >= 11 is 0. The molecule has 0 amide bonds. The molecule has 0 radical (unpaired) electrons. The van der Waals surface area contributed by atoms with Crippen LogP contribution in [0.2, 0.25) is 0 Å². The molecule has 2 rings (SSSR count). The molecular weight excluding hydrogens is 210 g/mol. The quantitative estimate of drug-likeness (QED) is 0.753. The molecule has 1 aliphatic heterocycles. The maximum absolute atomic E-state index is 8.95. The molecule has 3 heteroatoms.